The first-order chi connectivity index (χ1) is 6.88. The highest BCUT2D eigenvalue weighted by molar-refractivity contribution is 5.39. The van der Waals surface area contributed by atoms with Crippen LogP contribution in [0.2, 0.25) is 0 Å². The Morgan fingerprint density at radius 3 is 2.20 bits per heavy atom. The van der Waals surface area contributed by atoms with E-state index in [0.29, 0.717) is 6.61 Å². The van der Waals surface area contributed by atoms with Crippen molar-refractivity contribution in [3.05, 3.63) is 34.4 Å². The molecule has 0 spiro atoms. The van der Waals surface area contributed by atoms with Gasteiger partial charge in [0.15, 0.2) is 0 Å². The molecule has 0 bridgehead atoms. The first-order valence-electron chi connectivity index (χ1n) is 5.18. The van der Waals surface area contributed by atoms with Crippen LogP contribution in [-0.4, -0.2) is 18.8 Å². The van der Waals surface area contributed by atoms with Crippen molar-refractivity contribution in [3.8, 4) is 0 Å². The van der Waals surface area contributed by atoms with Crippen LogP contribution in [0, 0.1) is 20.8 Å². The fourth-order valence-electron chi connectivity index (χ4n) is 1.90. The van der Waals surface area contributed by atoms with Gasteiger partial charge in [-0.15, -0.1) is 0 Å². The van der Waals surface area contributed by atoms with E-state index >= 15 is 0 Å². The predicted octanol–water partition coefficient (Wildman–Crippen LogP) is 2.47. The van der Waals surface area contributed by atoms with Crippen LogP contribution in [0.25, 0.3) is 0 Å². The number of rotatable bonds is 3. The smallest absolute Gasteiger partial charge is 0.110 e. The third-order valence-corrected chi connectivity index (χ3v) is 2.85. The number of aryl methyl sites for hydroxylation is 3. The lowest BCUT2D eigenvalue weighted by atomic mass is 9.89. The number of methoxy groups -OCH3 is 1. The Kier molecular flexibility index (Phi) is 3.53. The van der Waals surface area contributed by atoms with E-state index in [-0.39, 0.29) is 0 Å². The molecule has 0 saturated carbocycles. The molecule has 1 aromatic carbocycles. The highest BCUT2D eigenvalue weighted by Gasteiger charge is 2.25. The number of hydrogen-bond donors (Lipinski definition) is 1. The van der Waals surface area contributed by atoms with E-state index in [1.807, 2.05) is 13.0 Å². The van der Waals surface area contributed by atoms with Crippen LogP contribution in [0.3, 0.4) is 0 Å². The van der Waals surface area contributed by atoms with Crippen LogP contribution in [-0.2, 0) is 10.3 Å². The van der Waals surface area contributed by atoms with Gasteiger partial charge in [0.25, 0.3) is 0 Å². The van der Waals surface area contributed by atoms with E-state index in [2.05, 4.69) is 19.9 Å². The zero-order valence-electron chi connectivity index (χ0n) is 10.2. The van der Waals surface area contributed by atoms with Gasteiger partial charge in [0.05, 0.1) is 6.61 Å². The molecule has 1 atom stereocenters. The van der Waals surface area contributed by atoms with Crippen molar-refractivity contribution in [1.29, 1.82) is 0 Å². The molecule has 1 N–H and O–H groups in total. The van der Waals surface area contributed by atoms with E-state index < -0.39 is 5.60 Å². The second kappa shape index (κ2) is 4.33. The Labute approximate surface area is 91.9 Å². The van der Waals surface area contributed by atoms with E-state index in [1.54, 1.807) is 14.0 Å². The maximum atomic E-state index is 10.3. The van der Waals surface area contributed by atoms with Crippen molar-refractivity contribution in [3.63, 3.8) is 0 Å². The van der Waals surface area contributed by atoms with E-state index in [4.69, 9.17) is 4.74 Å². The van der Waals surface area contributed by atoms with Gasteiger partial charge in [-0.1, -0.05) is 12.1 Å². The summed E-state index contributed by atoms with van der Waals surface area (Å²) in [6.07, 6.45) is 0. The second-order valence-electron chi connectivity index (χ2n) is 4.46. The number of ether oxygens (including phenoxy) is 1. The summed E-state index contributed by atoms with van der Waals surface area (Å²) in [6.45, 7) is 8.26. The summed E-state index contributed by atoms with van der Waals surface area (Å²) in [5.74, 6) is 0. The Balaban J connectivity index is 3.19. The summed E-state index contributed by atoms with van der Waals surface area (Å²) in [5, 5.41) is 10.3. The molecule has 0 aliphatic carbocycles. The molecule has 0 radical (unpaired) electrons. The van der Waals surface area contributed by atoms with Crippen molar-refractivity contribution in [2.45, 2.75) is 33.3 Å². The summed E-state index contributed by atoms with van der Waals surface area (Å²) in [5.41, 5.74) is 3.61. The molecular weight excluding hydrogens is 188 g/mol. The number of aliphatic hydroxyl groups is 1. The van der Waals surface area contributed by atoms with Crippen molar-refractivity contribution >= 4 is 0 Å². The normalized spacial score (nSPS) is 15.1. The zero-order chi connectivity index (χ0) is 11.6. The molecule has 84 valence electrons. The van der Waals surface area contributed by atoms with Gasteiger partial charge in [-0.25, -0.2) is 0 Å². The molecule has 0 fully saturated rings. The molecule has 0 aromatic heterocycles. The third-order valence-electron chi connectivity index (χ3n) is 2.85. The monoisotopic (exact) mass is 208 g/mol. The first-order valence-corrected chi connectivity index (χ1v) is 5.18. The fraction of sp³-hybridized carbons (Fsp3) is 0.538. The van der Waals surface area contributed by atoms with Crippen LogP contribution in [0.1, 0.15) is 29.2 Å². The van der Waals surface area contributed by atoms with Gasteiger partial charge in [-0.3, -0.25) is 0 Å². The minimum atomic E-state index is -0.905. The largest absolute Gasteiger partial charge is 0.383 e. The molecule has 0 aliphatic heterocycles. The molecule has 0 saturated heterocycles. The zero-order valence-corrected chi connectivity index (χ0v) is 10.2. The Morgan fingerprint density at radius 2 is 1.67 bits per heavy atom. The Hall–Kier alpha value is -0.860. The molecule has 1 aromatic rings. The van der Waals surface area contributed by atoms with Crippen molar-refractivity contribution in [2.75, 3.05) is 13.7 Å². The average Bonchev–Trinajstić information content (AvgIpc) is 2.11. The molecular formula is C13H20O2. The van der Waals surface area contributed by atoms with Gasteiger partial charge in [0, 0.05) is 7.11 Å². The highest BCUT2D eigenvalue weighted by atomic mass is 16.5. The summed E-state index contributed by atoms with van der Waals surface area (Å²) < 4.78 is 5.04. The average molecular weight is 208 g/mol. The molecule has 0 amide bonds. The molecule has 2 heteroatoms. The van der Waals surface area contributed by atoms with Gasteiger partial charge in [0.2, 0.25) is 0 Å². The van der Waals surface area contributed by atoms with Crippen molar-refractivity contribution in [1.82, 2.24) is 0 Å². The standard InChI is InChI=1S/C13H20O2/c1-9-6-11(3)12(7-10(9)2)13(4,14)8-15-5/h6-7,14H,8H2,1-5H3. The lowest BCUT2D eigenvalue weighted by Crippen LogP contribution is -2.28. The topological polar surface area (TPSA) is 29.5 Å². The summed E-state index contributed by atoms with van der Waals surface area (Å²) in [4.78, 5) is 0. The minimum absolute atomic E-state index is 0.316. The molecule has 1 rings (SSSR count). The maximum Gasteiger partial charge on any atom is 0.110 e. The van der Waals surface area contributed by atoms with Gasteiger partial charge in [-0.2, -0.15) is 0 Å². The Morgan fingerprint density at radius 1 is 1.13 bits per heavy atom. The lowest BCUT2D eigenvalue weighted by molar-refractivity contribution is -0.0212. The van der Waals surface area contributed by atoms with Crippen molar-refractivity contribution in [2.24, 2.45) is 0 Å². The maximum absolute atomic E-state index is 10.3. The van der Waals surface area contributed by atoms with Crippen LogP contribution in [0.5, 0.6) is 0 Å². The van der Waals surface area contributed by atoms with Gasteiger partial charge < -0.3 is 9.84 Å². The predicted molar refractivity (Wildman–Crippen MR) is 62.1 cm³/mol. The fourth-order valence-corrected chi connectivity index (χ4v) is 1.90. The molecule has 15 heavy (non-hydrogen) atoms. The molecule has 2 nitrogen and oxygen atoms in total. The van der Waals surface area contributed by atoms with Crippen LogP contribution < -0.4 is 0 Å². The third kappa shape index (κ3) is 2.58. The van der Waals surface area contributed by atoms with E-state index in [0.717, 1.165) is 11.1 Å². The SMILES string of the molecule is COCC(C)(O)c1cc(C)c(C)cc1C. The summed E-state index contributed by atoms with van der Waals surface area (Å²) >= 11 is 0. The van der Waals surface area contributed by atoms with Gasteiger partial charge in [0.1, 0.15) is 5.60 Å². The summed E-state index contributed by atoms with van der Waals surface area (Å²) in [7, 11) is 1.60. The number of benzene rings is 1. The van der Waals surface area contributed by atoms with Gasteiger partial charge >= 0.3 is 0 Å². The van der Waals surface area contributed by atoms with Gasteiger partial charge in [-0.05, 0) is 49.9 Å². The molecule has 1 unspecified atom stereocenters. The Bertz CT molecular complexity index is 354. The van der Waals surface area contributed by atoms with Crippen LogP contribution >= 0.6 is 0 Å². The number of hydrogen-bond acceptors (Lipinski definition) is 2. The van der Waals surface area contributed by atoms with E-state index in [9.17, 15) is 5.11 Å². The summed E-state index contributed by atoms with van der Waals surface area (Å²) in [6, 6.07) is 4.15. The second-order valence-corrected chi connectivity index (χ2v) is 4.46. The van der Waals surface area contributed by atoms with E-state index in [1.165, 1.54) is 11.1 Å². The quantitative estimate of drug-likeness (QED) is 0.827. The minimum Gasteiger partial charge on any atom is -0.383 e. The lowest BCUT2D eigenvalue weighted by Gasteiger charge is -2.25. The first kappa shape index (κ1) is 12.2. The van der Waals surface area contributed by atoms with Crippen molar-refractivity contribution < 1.29 is 9.84 Å². The molecule has 0 heterocycles. The van der Waals surface area contributed by atoms with Crippen LogP contribution in [0.4, 0.5) is 0 Å². The highest BCUT2D eigenvalue weighted by Crippen LogP contribution is 2.26. The molecule has 0 aliphatic rings. The van der Waals surface area contributed by atoms with Crippen LogP contribution in [0.15, 0.2) is 12.1 Å².